The van der Waals surface area contributed by atoms with Crippen LogP contribution in [0.3, 0.4) is 0 Å². The van der Waals surface area contributed by atoms with Crippen LogP contribution < -0.4 is 0 Å². The number of benzene rings is 1. The van der Waals surface area contributed by atoms with E-state index in [1.807, 2.05) is 23.1 Å². The Bertz CT molecular complexity index is 532. The minimum atomic E-state index is 0.740. The van der Waals surface area contributed by atoms with Crippen molar-refractivity contribution in [1.82, 2.24) is 14.7 Å². The van der Waals surface area contributed by atoms with Crippen LogP contribution in [0.15, 0.2) is 42.7 Å². The second-order valence-corrected chi connectivity index (χ2v) is 6.60. The molecule has 2 heterocycles. The average molecular weight is 287 g/mol. The highest BCUT2D eigenvalue weighted by Gasteiger charge is 2.18. The van der Waals surface area contributed by atoms with Gasteiger partial charge in [0.25, 0.3) is 0 Å². The maximum absolute atomic E-state index is 4.30. The molecule has 0 aliphatic carbocycles. The van der Waals surface area contributed by atoms with E-state index in [-0.39, 0.29) is 0 Å². The molecule has 106 valence electrons. The largest absolute Gasteiger partial charge is 0.299 e. The van der Waals surface area contributed by atoms with Gasteiger partial charge in [0.05, 0.1) is 5.69 Å². The number of nitrogens with zero attached hydrogens (tertiary/aromatic N) is 3. The molecule has 4 heteroatoms. The van der Waals surface area contributed by atoms with Crippen LogP contribution >= 0.6 is 11.8 Å². The fourth-order valence-corrected chi connectivity index (χ4v) is 3.84. The van der Waals surface area contributed by atoms with Crippen LogP contribution in [0, 0.1) is 0 Å². The first-order chi connectivity index (χ1) is 9.83. The van der Waals surface area contributed by atoms with Crippen molar-refractivity contribution in [1.29, 1.82) is 0 Å². The quantitative estimate of drug-likeness (QED) is 0.861. The van der Waals surface area contributed by atoms with Gasteiger partial charge in [-0.1, -0.05) is 12.1 Å². The molecule has 0 unspecified atom stereocenters. The van der Waals surface area contributed by atoms with Crippen LogP contribution in [0.4, 0.5) is 0 Å². The summed E-state index contributed by atoms with van der Waals surface area (Å²) in [5.41, 5.74) is 2.50. The Kier molecular flexibility index (Phi) is 4.43. The van der Waals surface area contributed by atoms with Crippen LogP contribution in [-0.4, -0.2) is 39.3 Å². The molecule has 20 heavy (non-hydrogen) atoms. The van der Waals surface area contributed by atoms with E-state index in [0.29, 0.717) is 0 Å². The molecule has 1 saturated heterocycles. The second kappa shape index (κ2) is 6.46. The second-order valence-electron chi connectivity index (χ2n) is 5.38. The zero-order valence-corrected chi connectivity index (χ0v) is 12.7. The molecular formula is C16H21N3S. The molecule has 0 spiro atoms. The Morgan fingerprint density at radius 2 is 2.15 bits per heavy atom. The molecule has 1 aromatic heterocycles. The van der Waals surface area contributed by atoms with Crippen molar-refractivity contribution in [3.05, 3.63) is 48.3 Å². The van der Waals surface area contributed by atoms with E-state index in [1.54, 1.807) is 0 Å². The number of hydrogen-bond acceptors (Lipinski definition) is 3. The first kappa shape index (κ1) is 13.7. The van der Waals surface area contributed by atoms with Crippen molar-refractivity contribution >= 4 is 11.8 Å². The van der Waals surface area contributed by atoms with Crippen molar-refractivity contribution in [2.45, 2.75) is 25.4 Å². The number of aromatic nitrogens is 2. The lowest BCUT2D eigenvalue weighted by atomic mass is 10.1. The summed E-state index contributed by atoms with van der Waals surface area (Å²) >= 11 is 2.08. The topological polar surface area (TPSA) is 21.1 Å². The molecule has 3 rings (SSSR count). The van der Waals surface area contributed by atoms with Gasteiger partial charge in [-0.25, -0.2) is 4.68 Å². The van der Waals surface area contributed by atoms with Crippen molar-refractivity contribution in [2.75, 3.05) is 18.6 Å². The zero-order valence-electron chi connectivity index (χ0n) is 11.9. The van der Waals surface area contributed by atoms with Gasteiger partial charge in [-0.05, 0) is 55.2 Å². The number of hydrogen-bond donors (Lipinski definition) is 0. The molecule has 0 radical (unpaired) electrons. The molecule has 1 aliphatic rings. The lowest BCUT2D eigenvalue weighted by Crippen LogP contribution is -2.34. The summed E-state index contributed by atoms with van der Waals surface area (Å²) in [4.78, 5) is 2.50. The van der Waals surface area contributed by atoms with E-state index in [2.05, 4.69) is 53.1 Å². The standard InChI is InChI=1S/C16H21N3S/c1-18(15-6-10-20-11-7-15)13-14-4-2-5-16(12-14)19-9-3-8-17-19/h2-5,8-9,12,15H,6-7,10-11,13H2,1H3. The van der Waals surface area contributed by atoms with Gasteiger partial charge in [-0.3, -0.25) is 4.90 Å². The first-order valence-corrected chi connectivity index (χ1v) is 8.35. The Balaban J connectivity index is 1.69. The SMILES string of the molecule is CN(Cc1cccc(-n2cccn2)c1)C1CCSCC1. The monoisotopic (exact) mass is 287 g/mol. The van der Waals surface area contributed by atoms with Crippen LogP contribution in [0.25, 0.3) is 5.69 Å². The summed E-state index contributed by atoms with van der Waals surface area (Å²) in [7, 11) is 2.25. The summed E-state index contributed by atoms with van der Waals surface area (Å²) in [5.74, 6) is 2.62. The molecule has 0 saturated carbocycles. The van der Waals surface area contributed by atoms with E-state index < -0.39 is 0 Å². The Hall–Kier alpha value is -1.26. The van der Waals surface area contributed by atoms with Gasteiger partial charge in [-0.15, -0.1) is 0 Å². The maximum Gasteiger partial charge on any atom is 0.0648 e. The molecule has 0 atom stereocenters. The Morgan fingerprint density at radius 1 is 1.30 bits per heavy atom. The third-order valence-corrected chi connectivity index (χ3v) is 4.97. The summed E-state index contributed by atoms with van der Waals surface area (Å²) in [5, 5.41) is 4.30. The molecule has 1 aliphatic heterocycles. The molecule has 1 aromatic carbocycles. The summed E-state index contributed by atoms with van der Waals surface area (Å²) in [6.45, 7) is 1.02. The van der Waals surface area contributed by atoms with Gasteiger partial charge in [0.15, 0.2) is 0 Å². The predicted octanol–water partition coefficient (Wildman–Crippen LogP) is 3.20. The molecule has 0 amide bonds. The number of thioether (sulfide) groups is 1. The summed E-state index contributed by atoms with van der Waals surface area (Å²) in [6.07, 6.45) is 6.44. The highest BCUT2D eigenvalue weighted by Crippen LogP contribution is 2.22. The maximum atomic E-state index is 4.30. The van der Waals surface area contributed by atoms with Crippen LogP contribution in [0.1, 0.15) is 18.4 Å². The van der Waals surface area contributed by atoms with Crippen molar-refractivity contribution in [3.8, 4) is 5.69 Å². The molecule has 2 aromatic rings. The Morgan fingerprint density at radius 3 is 2.90 bits per heavy atom. The molecule has 0 bridgehead atoms. The van der Waals surface area contributed by atoms with Crippen LogP contribution in [0.5, 0.6) is 0 Å². The highest BCUT2D eigenvalue weighted by atomic mass is 32.2. The third-order valence-electron chi connectivity index (χ3n) is 3.93. The molecule has 1 fully saturated rings. The van der Waals surface area contributed by atoms with Crippen molar-refractivity contribution < 1.29 is 0 Å². The van der Waals surface area contributed by atoms with Crippen LogP contribution in [0.2, 0.25) is 0 Å². The van der Waals surface area contributed by atoms with Gasteiger partial charge >= 0.3 is 0 Å². The highest BCUT2D eigenvalue weighted by molar-refractivity contribution is 7.99. The summed E-state index contributed by atoms with van der Waals surface area (Å²) in [6, 6.07) is 11.4. The molecule has 0 N–H and O–H groups in total. The average Bonchev–Trinajstić information content (AvgIpc) is 3.03. The fourth-order valence-electron chi connectivity index (χ4n) is 2.76. The van der Waals surface area contributed by atoms with E-state index in [0.717, 1.165) is 18.3 Å². The molecular weight excluding hydrogens is 266 g/mol. The van der Waals surface area contributed by atoms with Gasteiger partial charge in [0.2, 0.25) is 0 Å². The third kappa shape index (κ3) is 3.25. The normalized spacial score (nSPS) is 16.7. The first-order valence-electron chi connectivity index (χ1n) is 7.20. The minimum Gasteiger partial charge on any atom is -0.299 e. The van der Waals surface area contributed by atoms with Gasteiger partial charge < -0.3 is 0 Å². The smallest absolute Gasteiger partial charge is 0.0648 e. The number of rotatable bonds is 4. The van der Waals surface area contributed by atoms with Gasteiger partial charge in [0, 0.05) is 25.0 Å². The molecule has 3 nitrogen and oxygen atoms in total. The van der Waals surface area contributed by atoms with Gasteiger partial charge in [-0.2, -0.15) is 16.9 Å². The lowest BCUT2D eigenvalue weighted by molar-refractivity contribution is 0.221. The van der Waals surface area contributed by atoms with Crippen molar-refractivity contribution in [2.24, 2.45) is 0 Å². The van der Waals surface area contributed by atoms with Crippen LogP contribution in [-0.2, 0) is 6.54 Å². The van der Waals surface area contributed by atoms with Gasteiger partial charge in [0.1, 0.15) is 0 Å². The van der Waals surface area contributed by atoms with E-state index in [1.165, 1.54) is 29.9 Å². The predicted molar refractivity (Wildman–Crippen MR) is 85.4 cm³/mol. The lowest BCUT2D eigenvalue weighted by Gasteiger charge is -2.31. The van der Waals surface area contributed by atoms with Crippen molar-refractivity contribution in [3.63, 3.8) is 0 Å². The van der Waals surface area contributed by atoms with E-state index >= 15 is 0 Å². The van der Waals surface area contributed by atoms with E-state index in [9.17, 15) is 0 Å². The minimum absolute atomic E-state index is 0.740. The van der Waals surface area contributed by atoms with E-state index in [4.69, 9.17) is 0 Å². The zero-order chi connectivity index (χ0) is 13.8. The Labute approximate surface area is 125 Å². The fraction of sp³-hybridized carbons (Fsp3) is 0.438. The summed E-state index contributed by atoms with van der Waals surface area (Å²) < 4.78 is 1.92.